The van der Waals surface area contributed by atoms with Gasteiger partial charge in [-0.2, -0.15) is 0 Å². The minimum atomic E-state index is 0. The molecule has 2 rings (SSSR count). The van der Waals surface area contributed by atoms with Crippen LogP contribution in [0, 0.1) is 0 Å². The first kappa shape index (κ1) is 18.3. The molecule has 0 spiro atoms. The summed E-state index contributed by atoms with van der Waals surface area (Å²) in [5.41, 5.74) is 1.05. The van der Waals surface area contributed by atoms with Gasteiger partial charge in [0.25, 0.3) is 0 Å². The number of rotatable bonds is 7. The van der Waals surface area contributed by atoms with Crippen molar-refractivity contribution in [3.05, 3.63) is 48.2 Å². The van der Waals surface area contributed by atoms with Crippen molar-refractivity contribution >= 4 is 18.3 Å². The van der Waals surface area contributed by atoms with Gasteiger partial charge in [-0.1, -0.05) is 30.3 Å². The van der Waals surface area contributed by atoms with Crippen LogP contribution >= 0.6 is 12.4 Å². The fraction of sp³-hybridized carbons (Fsp3) is 0.353. The highest BCUT2D eigenvalue weighted by atomic mass is 35.5. The third-order valence-corrected chi connectivity index (χ3v) is 3.42. The Bertz CT molecular complexity index is 569. The van der Waals surface area contributed by atoms with Crippen molar-refractivity contribution in [2.75, 3.05) is 13.6 Å². The van der Waals surface area contributed by atoms with E-state index in [4.69, 9.17) is 4.42 Å². The molecule has 0 aliphatic carbocycles. The molecule has 1 aromatic heterocycles. The van der Waals surface area contributed by atoms with E-state index in [0.29, 0.717) is 19.4 Å². The topological polar surface area (TPSA) is 54.3 Å². The van der Waals surface area contributed by atoms with Crippen LogP contribution in [-0.4, -0.2) is 25.5 Å². The van der Waals surface area contributed by atoms with E-state index in [2.05, 4.69) is 10.6 Å². The Morgan fingerprint density at radius 1 is 1.18 bits per heavy atom. The molecule has 0 bridgehead atoms. The number of amides is 1. The standard InChI is InChI=1S/C17H22N2O2.ClH/c1-13(18-2)12-19-17(20)11-9-15-8-10-16(21-15)14-6-4-3-5-7-14;/h3-8,10,13,18H,9,11-12H2,1-2H3,(H,19,20);1H. The first-order valence-electron chi connectivity index (χ1n) is 7.27. The molecule has 0 aliphatic rings. The molecule has 1 aromatic carbocycles. The number of hydrogen-bond acceptors (Lipinski definition) is 3. The number of aryl methyl sites for hydroxylation is 1. The van der Waals surface area contributed by atoms with E-state index in [1.54, 1.807) is 0 Å². The number of benzene rings is 1. The number of halogens is 1. The van der Waals surface area contributed by atoms with Gasteiger partial charge in [-0.15, -0.1) is 12.4 Å². The fourth-order valence-electron chi connectivity index (χ4n) is 1.96. The zero-order chi connectivity index (χ0) is 15.1. The SMILES string of the molecule is CNC(C)CNC(=O)CCc1ccc(-c2ccccc2)o1.Cl. The zero-order valence-electron chi connectivity index (χ0n) is 13.0. The fourth-order valence-corrected chi connectivity index (χ4v) is 1.96. The van der Waals surface area contributed by atoms with Gasteiger partial charge in [-0.25, -0.2) is 0 Å². The molecule has 1 amide bonds. The second-order valence-electron chi connectivity index (χ2n) is 5.13. The minimum absolute atomic E-state index is 0. The number of nitrogens with one attached hydrogen (secondary N) is 2. The van der Waals surface area contributed by atoms with Crippen LogP contribution in [0.4, 0.5) is 0 Å². The lowest BCUT2D eigenvalue weighted by Crippen LogP contribution is -2.37. The smallest absolute Gasteiger partial charge is 0.220 e. The van der Waals surface area contributed by atoms with E-state index in [9.17, 15) is 4.79 Å². The molecule has 22 heavy (non-hydrogen) atoms. The first-order valence-corrected chi connectivity index (χ1v) is 7.27. The van der Waals surface area contributed by atoms with Crippen LogP contribution in [0.1, 0.15) is 19.1 Å². The van der Waals surface area contributed by atoms with Crippen LogP contribution in [-0.2, 0) is 11.2 Å². The molecule has 2 N–H and O–H groups in total. The number of hydrogen-bond donors (Lipinski definition) is 2. The van der Waals surface area contributed by atoms with Crippen molar-refractivity contribution in [2.24, 2.45) is 0 Å². The largest absolute Gasteiger partial charge is 0.461 e. The van der Waals surface area contributed by atoms with Crippen molar-refractivity contribution in [1.82, 2.24) is 10.6 Å². The van der Waals surface area contributed by atoms with Crippen LogP contribution in [0.25, 0.3) is 11.3 Å². The predicted molar refractivity (Wildman–Crippen MR) is 91.2 cm³/mol. The summed E-state index contributed by atoms with van der Waals surface area (Å²) in [6.45, 7) is 2.67. The normalized spacial score (nSPS) is 11.5. The number of furan rings is 1. The Morgan fingerprint density at radius 3 is 2.59 bits per heavy atom. The van der Waals surface area contributed by atoms with Crippen molar-refractivity contribution in [1.29, 1.82) is 0 Å². The summed E-state index contributed by atoms with van der Waals surface area (Å²) >= 11 is 0. The van der Waals surface area contributed by atoms with E-state index in [0.717, 1.165) is 17.1 Å². The van der Waals surface area contributed by atoms with E-state index >= 15 is 0 Å². The van der Waals surface area contributed by atoms with Gasteiger partial charge in [-0.05, 0) is 26.1 Å². The average Bonchev–Trinajstić information content (AvgIpc) is 3.00. The highest BCUT2D eigenvalue weighted by Crippen LogP contribution is 2.22. The third kappa shape index (κ3) is 5.54. The Labute approximate surface area is 137 Å². The maximum absolute atomic E-state index is 11.7. The Hall–Kier alpha value is -1.78. The van der Waals surface area contributed by atoms with Crippen LogP contribution in [0.15, 0.2) is 46.9 Å². The molecule has 5 heteroatoms. The van der Waals surface area contributed by atoms with Crippen LogP contribution in [0.2, 0.25) is 0 Å². The van der Waals surface area contributed by atoms with Gasteiger partial charge < -0.3 is 15.1 Å². The number of carbonyl (C=O) groups is 1. The summed E-state index contributed by atoms with van der Waals surface area (Å²) < 4.78 is 5.77. The van der Waals surface area contributed by atoms with Gasteiger partial charge in [0.2, 0.25) is 5.91 Å². The van der Waals surface area contributed by atoms with Gasteiger partial charge in [0.1, 0.15) is 11.5 Å². The number of carbonyl (C=O) groups excluding carboxylic acids is 1. The summed E-state index contributed by atoms with van der Waals surface area (Å²) in [6.07, 6.45) is 1.06. The van der Waals surface area contributed by atoms with E-state index in [-0.39, 0.29) is 24.4 Å². The Balaban J connectivity index is 0.00000242. The molecular weight excluding hydrogens is 300 g/mol. The van der Waals surface area contributed by atoms with Gasteiger partial charge >= 0.3 is 0 Å². The predicted octanol–water partition coefficient (Wildman–Crippen LogP) is 3.03. The lowest BCUT2D eigenvalue weighted by atomic mass is 10.2. The van der Waals surface area contributed by atoms with E-state index in [1.807, 2.05) is 56.4 Å². The second-order valence-corrected chi connectivity index (χ2v) is 5.13. The van der Waals surface area contributed by atoms with Gasteiger partial charge in [-0.3, -0.25) is 4.79 Å². The van der Waals surface area contributed by atoms with Crippen molar-refractivity contribution in [3.63, 3.8) is 0 Å². The van der Waals surface area contributed by atoms with Crippen LogP contribution < -0.4 is 10.6 Å². The number of likely N-dealkylation sites (N-methyl/N-ethyl adjacent to an activating group) is 1. The minimum Gasteiger partial charge on any atom is -0.461 e. The van der Waals surface area contributed by atoms with E-state index < -0.39 is 0 Å². The van der Waals surface area contributed by atoms with Crippen LogP contribution in [0.3, 0.4) is 0 Å². The van der Waals surface area contributed by atoms with Crippen LogP contribution in [0.5, 0.6) is 0 Å². The lowest BCUT2D eigenvalue weighted by molar-refractivity contribution is -0.121. The summed E-state index contributed by atoms with van der Waals surface area (Å²) in [5.74, 6) is 1.73. The monoisotopic (exact) mass is 322 g/mol. The Morgan fingerprint density at radius 2 is 1.91 bits per heavy atom. The molecule has 0 saturated heterocycles. The second kappa shape index (κ2) is 9.28. The maximum atomic E-state index is 11.7. The molecule has 120 valence electrons. The molecule has 1 heterocycles. The summed E-state index contributed by atoms with van der Waals surface area (Å²) in [4.78, 5) is 11.7. The van der Waals surface area contributed by atoms with Gasteiger partial charge in [0.05, 0.1) is 0 Å². The molecule has 4 nitrogen and oxygen atoms in total. The summed E-state index contributed by atoms with van der Waals surface area (Å²) in [5, 5.41) is 5.98. The molecule has 1 unspecified atom stereocenters. The highest BCUT2D eigenvalue weighted by Gasteiger charge is 2.08. The summed E-state index contributed by atoms with van der Waals surface area (Å²) in [7, 11) is 1.88. The highest BCUT2D eigenvalue weighted by molar-refractivity contribution is 5.85. The van der Waals surface area contributed by atoms with Gasteiger partial charge in [0, 0.05) is 31.0 Å². The maximum Gasteiger partial charge on any atom is 0.220 e. The van der Waals surface area contributed by atoms with E-state index in [1.165, 1.54) is 0 Å². The third-order valence-electron chi connectivity index (χ3n) is 3.42. The molecule has 0 fully saturated rings. The molecule has 0 radical (unpaired) electrons. The Kier molecular flexibility index (Phi) is 7.71. The molecule has 0 aliphatic heterocycles. The lowest BCUT2D eigenvalue weighted by Gasteiger charge is -2.10. The van der Waals surface area contributed by atoms with Crippen molar-refractivity contribution in [3.8, 4) is 11.3 Å². The molecule has 2 aromatic rings. The zero-order valence-corrected chi connectivity index (χ0v) is 13.8. The molecule has 1 atom stereocenters. The van der Waals surface area contributed by atoms with Crippen molar-refractivity contribution in [2.45, 2.75) is 25.8 Å². The van der Waals surface area contributed by atoms with Crippen molar-refractivity contribution < 1.29 is 9.21 Å². The quantitative estimate of drug-likeness (QED) is 0.824. The summed E-state index contributed by atoms with van der Waals surface area (Å²) in [6, 6.07) is 14.1. The first-order chi connectivity index (χ1) is 10.2. The van der Waals surface area contributed by atoms with Gasteiger partial charge in [0.15, 0.2) is 0 Å². The molecular formula is C17H23ClN2O2. The average molecular weight is 323 g/mol. The molecule has 0 saturated carbocycles.